The molecule has 19 heavy (non-hydrogen) atoms. The van der Waals surface area contributed by atoms with Gasteiger partial charge in [0.25, 0.3) is 5.91 Å². The lowest BCUT2D eigenvalue weighted by atomic mass is 10.2. The molecule has 0 saturated heterocycles. The molecule has 1 aromatic carbocycles. The summed E-state index contributed by atoms with van der Waals surface area (Å²) in [7, 11) is 1.81. The number of amides is 1. The first-order valence-electron chi connectivity index (χ1n) is 6.09. The summed E-state index contributed by atoms with van der Waals surface area (Å²) in [6.07, 6.45) is 1.78. The molecule has 1 aromatic heterocycles. The molecule has 1 amide bonds. The first kappa shape index (κ1) is 13.8. The summed E-state index contributed by atoms with van der Waals surface area (Å²) in [5.74, 6) is -0.0381. The van der Waals surface area contributed by atoms with Gasteiger partial charge in [0, 0.05) is 31.7 Å². The Kier molecular flexibility index (Phi) is 4.74. The van der Waals surface area contributed by atoms with Crippen LogP contribution in [-0.4, -0.2) is 32.5 Å². The first-order chi connectivity index (χ1) is 9.20. The fourth-order valence-corrected chi connectivity index (χ4v) is 2.28. The normalized spacial score (nSPS) is 10.4. The summed E-state index contributed by atoms with van der Waals surface area (Å²) in [6.45, 7) is 1.26. The Hall–Kier alpha value is -1.62. The number of hydrogen-bond acceptors (Lipinski definition) is 2. The number of rotatable bonds is 5. The van der Waals surface area contributed by atoms with Crippen molar-refractivity contribution < 1.29 is 4.79 Å². The first-order valence-corrected chi connectivity index (χ1v) is 7.21. The minimum atomic E-state index is -0.0381. The van der Waals surface area contributed by atoms with Crippen LogP contribution in [0.1, 0.15) is 16.1 Å². The maximum atomic E-state index is 12.4. The molecule has 0 unspecified atom stereocenters. The van der Waals surface area contributed by atoms with E-state index in [1.807, 2.05) is 37.4 Å². The van der Waals surface area contributed by atoms with Gasteiger partial charge in [-0.2, -0.15) is 5.10 Å². The Morgan fingerprint density at radius 3 is 2.63 bits per heavy atom. The molecule has 100 valence electrons. The van der Waals surface area contributed by atoms with E-state index in [9.17, 15) is 4.79 Å². The Balaban J connectivity index is 2.13. The van der Waals surface area contributed by atoms with Gasteiger partial charge in [-0.25, -0.2) is 0 Å². The smallest absolute Gasteiger partial charge is 0.274 e. The molecule has 0 atom stereocenters. The molecule has 0 aliphatic carbocycles. The van der Waals surface area contributed by atoms with E-state index in [4.69, 9.17) is 0 Å². The van der Waals surface area contributed by atoms with Gasteiger partial charge in [0.05, 0.1) is 0 Å². The summed E-state index contributed by atoms with van der Waals surface area (Å²) in [5.41, 5.74) is 1.60. The molecule has 2 rings (SSSR count). The van der Waals surface area contributed by atoms with Gasteiger partial charge in [-0.05, 0) is 11.6 Å². The van der Waals surface area contributed by atoms with Crippen LogP contribution in [0.3, 0.4) is 0 Å². The lowest BCUT2D eigenvalue weighted by molar-refractivity contribution is 0.0748. The minimum absolute atomic E-state index is 0.0381. The van der Waals surface area contributed by atoms with Gasteiger partial charge in [0.1, 0.15) is 5.69 Å². The van der Waals surface area contributed by atoms with E-state index in [-0.39, 0.29) is 5.91 Å². The van der Waals surface area contributed by atoms with E-state index in [0.717, 1.165) is 10.9 Å². The monoisotopic (exact) mass is 321 g/mol. The van der Waals surface area contributed by atoms with Gasteiger partial charge < -0.3 is 4.90 Å². The second-order valence-corrected chi connectivity index (χ2v) is 5.07. The third-order valence-electron chi connectivity index (χ3n) is 2.79. The number of aryl methyl sites for hydroxylation is 1. The average molecular weight is 322 g/mol. The Morgan fingerprint density at radius 2 is 2.05 bits per heavy atom. The lowest BCUT2D eigenvalue weighted by Crippen LogP contribution is -2.32. The number of carbonyl (C=O) groups is 1. The molecule has 1 heterocycles. The highest BCUT2D eigenvalue weighted by Gasteiger charge is 2.17. The number of carbonyl (C=O) groups excluding carboxylic acids is 1. The summed E-state index contributed by atoms with van der Waals surface area (Å²) in [6, 6.07) is 11.7. The zero-order valence-electron chi connectivity index (χ0n) is 10.8. The summed E-state index contributed by atoms with van der Waals surface area (Å²) < 4.78 is 1.64. The summed E-state index contributed by atoms with van der Waals surface area (Å²) in [5, 5.41) is 4.91. The molecule has 0 aliphatic heterocycles. The maximum Gasteiger partial charge on any atom is 0.274 e. The van der Waals surface area contributed by atoms with E-state index >= 15 is 0 Å². The Morgan fingerprint density at radius 1 is 1.32 bits per heavy atom. The number of hydrogen-bond donors (Lipinski definition) is 0. The van der Waals surface area contributed by atoms with Crippen molar-refractivity contribution in [3.05, 3.63) is 53.9 Å². The van der Waals surface area contributed by atoms with Crippen molar-refractivity contribution >= 4 is 21.8 Å². The van der Waals surface area contributed by atoms with Gasteiger partial charge >= 0.3 is 0 Å². The van der Waals surface area contributed by atoms with Crippen LogP contribution in [0.25, 0.3) is 0 Å². The number of halogens is 1. The van der Waals surface area contributed by atoms with Crippen molar-refractivity contribution in [2.24, 2.45) is 7.05 Å². The highest BCUT2D eigenvalue weighted by Crippen LogP contribution is 2.09. The van der Waals surface area contributed by atoms with Gasteiger partial charge in [-0.1, -0.05) is 46.3 Å². The second-order valence-electron chi connectivity index (χ2n) is 4.28. The lowest BCUT2D eigenvalue weighted by Gasteiger charge is -2.20. The quantitative estimate of drug-likeness (QED) is 0.793. The van der Waals surface area contributed by atoms with E-state index in [1.54, 1.807) is 21.8 Å². The predicted molar refractivity (Wildman–Crippen MR) is 78.2 cm³/mol. The molecule has 0 spiro atoms. The number of alkyl halides is 1. The van der Waals surface area contributed by atoms with E-state index < -0.39 is 0 Å². The molecule has 2 aromatic rings. The van der Waals surface area contributed by atoms with Crippen molar-refractivity contribution in [3.63, 3.8) is 0 Å². The molecular weight excluding hydrogens is 306 g/mol. The van der Waals surface area contributed by atoms with Crippen LogP contribution < -0.4 is 0 Å². The van der Waals surface area contributed by atoms with E-state index in [0.29, 0.717) is 18.8 Å². The number of nitrogens with zero attached hydrogens (tertiary/aromatic N) is 3. The third-order valence-corrected chi connectivity index (χ3v) is 3.15. The zero-order valence-corrected chi connectivity index (χ0v) is 12.4. The maximum absolute atomic E-state index is 12.4. The largest absolute Gasteiger partial charge is 0.332 e. The fourth-order valence-electron chi connectivity index (χ4n) is 1.85. The standard InChI is InChI=1S/C14H16BrN3O/c1-17-9-7-13(16-17)14(19)18(10-8-15)11-12-5-3-2-4-6-12/h2-7,9H,8,10-11H2,1H3. The topological polar surface area (TPSA) is 38.1 Å². The zero-order chi connectivity index (χ0) is 13.7. The van der Waals surface area contributed by atoms with Crippen molar-refractivity contribution in [3.8, 4) is 0 Å². The molecule has 0 saturated carbocycles. The van der Waals surface area contributed by atoms with Crippen LogP contribution in [0.2, 0.25) is 0 Å². The van der Waals surface area contributed by atoms with Gasteiger partial charge in [-0.3, -0.25) is 9.48 Å². The Labute approximate surface area is 121 Å². The van der Waals surface area contributed by atoms with Crippen LogP contribution in [0.4, 0.5) is 0 Å². The predicted octanol–water partition coefficient (Wildman–Crippen LogP) is 2.46. The van der Waals surface area contributed by atoms with E-state index in [2.05, 4.69) is 21.0 Å². The van der Waals surface area contributed by atoms with E-state index in [1.165, 1.54) is 0 Å². The number of benzene rings is 1. The fraction of sp³-hybridized carbons (Fsp3) is 0.286. The van der Waals surface area contributed by atoms with Gasteiger partial charge in [0.15, 0.2) is 0 Å². The third kappa shape index (κ3) is 3.67. The van der Waals surface area contributed by atoms with Crippen LogP contribution in [0.15, 0.2) is 42.6 Å². The van der Waals surface area contributed by atoms with Crippen LogP contribution in [-0.2, 0) is 13.6 Å². The Bertz CT molecular complexity index is 539. The SMILES string of the molecule is Cn1ccc(C(=O)N(CCBr)Cc2ccccc2)n1. The number of aromatic nitrogens is 2. The van der Waals surface area contributed by atoms with Crippen molar-refractivity contribution in [1.82, 2.24) is 14.7 Å². The summed E-state index contributed by atoms with van der Waals surface area (Å²) >= 11 is 3.39. The van der Waals surface area contributed by atoms with Crippen molar-refractivity contribution in [2.75, 3.05) is 11.9 Å². The van der Waals surface area contributed by atoms with Gasteiger partial charge in [0.2, 0.25) is 0 Å². The van der Waals surface area contributed by atoms with Crippen molar-refractivity contribution in [2.45, 2.75) is 6.54 Å². The summed E-state index contributed by atoms with van der Waals surface area (Å²) in [4.78, 5) is 14.2. The van der Waals surface area contributed by atoms with Crippen LogP contribution in [0.5, 0.6) is 0 Å². The highest BCUT2D eigenvalue weighted by molar-refractivity contribution is 9.09. The molecule has 0 bridgehead atoms. The van der Waals surface area contributed by atoms with Gasteiger partial charge in [-0.15, -0.1) is 0 Å². The molecule has 0 radical (unpaired) electrons. The van der Waals surface area contributed by atoms with Crippen LogP contribution in [0, 0.1) is 0 Å². The minimum Gasteiger partial charge on any atom is -0.332 e. The highest BCUT2D eigenvalue weighted by atomic mass is 79.9. The molecule has 0 N–H and O–H groups in total. The van der Waals surface area contributed by atoms with Crippen LogP contribution >= 0.6 is 15.9 Å². The molecule has 0 fully saturated rings. The molecular formula is C14H16BrN3O. The average Bonchev–Trinajstić information content (AvgIpc) is 2.85. The molecule has 4 nitrogen and oxygen atoms in total. The van der Waals surface area contributed by atoms with Crippen molar-refractivity contribution in [1.29, 1.82) is 0 Å². The molecule has 0 aliphatic rings. The molecule has 5 heteroatoms. The second kappa shape index (κ2) is 6.52.